The highest BCUT2D eigenvalue weighted by atomic mass is 35.5. The molecule has 0 aliphatic carbocycles. The molecule has 0 radical (unpaired) electrons. The topological polar surface area (TPSA) is 27.1 Å². The number of alkyl halides is 3. The van der Waals surface area contributed by atoms with Gasteiger partial charge in [-0.15, -0.1) is 0 Å². The maximum absolute atomic E-state index is 12.5. The highest BCUT2D eigenvalue weighted by molar-refractivity contribution is 8.00. The van der Waals surface area contributed by atoms with E-state index in [9.17, 15) is 13.2 Å². The molecule has 2 aromatic carbocycles. The number of hydrogen-bond donors (Lipinski definition) is 0. The Bertz CT molecular complexity index is 942. The largest absolute Gasteiger partial charge is 0.488 e. The lowest BCUT2D eigenvalue weighted by atomic mass is 10.1. The van der Waals surface area contributed by atoms with Crippen molar-refractivity contribution in [3.8, 4) is 5.75 Å². The summed E-state index contributed by atoms with van der Waals surface area (Å²) in [6, 6.07) is 11.5. The molecule has 3 aromatic rings. The number of rotatable bonds is 6. The number of nitrogens with zero attached hydrogens (tertiary/aromatic N) is 2. The van der Waals surface area contributed by atoms with Gasteiger partial charge in [0.2, 0.25) is 0 Å². The molecule has 140 valence electrons. The first kappa shape index (κ1) is 19.4. The zero-order valence-corrected chi connectivity index (χ0v) is 15.5. The molecule has 0 spiro atoms. The molecule has 8 heteroatoms. The summed E-state index contributed by atoms with van der Waals surface area (Å²) < 4.78 is 45.0. The van der Waals surface area contributed by atoms with Gasteiger partial charge in [-0.25, -0.2) is 4.98 Å². The molecule has 0 aliphatic heterocycles. The molecular weight excluding hydrogens is 397 g/mol. The number of thioether (sulfide) groups is 1. The van der Waals surface area contributed by atoms with Gasteiger partial charge in [-0.2, -0.15) is 13.2 Å². The summed E-state index contributed by atoms with van der Waals surface area (Å²) in [4.78, 5) is 4.03. The van der Waals surface area contributed by atoms with Crippen molar-refractivity contribution < 1.29 is 17.9 Å². The zero-order valence-electron chi connectivity index (χ0n) is 13.9. The molecule has 0 fully saturated rings. The van der Waals surface area contributed by atoms with Gasteiger partial charge in [0.25, 0.3) is 0 Å². The molecule has 3 rings (SSSR count). The summed E-state index contributed by atoms with van der Waals surface area (Å²) >= 11 is 5.91. The standard InChI is InChI=1S/C19H14ClF3N2OS/c1-13(25-9-8-24-12-25)16-4-2-3-5-18(16)26-11-14-6-7-15(10-17(14)20)27-19(21,22)23/h2-10,12H,1,11H2. The van der Waals surface area contributed by atoms with Gasteiger partial charge < -0.3 is 9.30 Å². The molecule has 0 saturated heterocycles. The van der Waals surface area contributed by atoms with Crippen molar-refractivity contribution in [1.82, 2.24) is 9.55 Å². The highest BCUT2D eigenvalue weighted by Crippen LogP contribution is 2.38. The second kappa shape index (κ2) is 8.10. The first-order valence-electron chi connectivity index (χ1n) is 7.77. The molecule has 0 bridgehead atoms. The maximum atomic E-state index is 12.5. The summed E-state index contributed by atoms with van der Waals surface area (Å²) in [5, 5.41) is 0.218. The van der Waals surface area contributed by atoms with Crippen LogP contribution in [-0.4, -0.2) is 15.1 Å². The minimum absolute atomic E-state index is 0.0325. The Morgan fingerprint density at radius 2 is 2.00 bits per heavy atom. The maximum Gasteiger partial charge on any atom is 0.446 e. The molecule has 0 aliphatic rings. The fourth-order valence-electron chi connectivity index (χ4n) is 2.39. The van der Waals surface area contributed by atoms with Crippen LogP contribution in [0.25, 0.3) is 5.70 Å². The molecule has 0 unspecified atom stereocenters. The van der Waals surface area contributed by atoms with E-state index in [4.69, 9.17) is 16.3 Å². The number of para-hydroxylation sites is 1. The lowest BCUT2D eigenvalue weighted by molar-refractivity contribution is -0.0328. The van der Waals surface area contributed by atoms with Crippen LogP contribution in [0.2, 0.25) is 5.02 Å². The van der Waals surface area contributed by atoms with E-state index in [-0.39, 0.29) is 28.3 Å². The number of halogens is 4. The van der Waals surface area contributed by atoms with Crippen LogP contribution < -0.4 is 4.74 Å². The summed E-state index contributed by atoms with van der Waals surface area (Å²) in [6.45, 7) is 4.17. The van der Waals surface area contributed by atoms with Crippen molar-refractivity contribution in [2.24, 2.45) is 0 Å². The Labute approximate surface area is 163 Å². The van der Waals surface area contributed by atoms with Crippen LogP contribution >= 0.6 is 23.4 Å². The van der Waals surface area contributed by atoms with Crippen molar-refractivity contribution in [1.29, 1.82) is 0 Å². The van der Waals surface area contributed by atoms with Crippen molar-refractivity contribution in [3.63, 3.8) is 0 Å². The van der Waals surface area contributed by atoms with Gasteiger partial charge in [0.05, 0.1) is 12.0 Å². The SMILES string of the molecule is C=C(c1ccccc1OCc1ccc(SC(F)(F)F)cc1Cl)n1ccnc1. The third-order valence-electron chi connectivity index (χ3n) is 3.66. The first-order valence-corrected chi connectivity index (χ1v) is 8.96. The van der Waals surface area contributed by atoms with Crippen LogP contribution in [-0.2, 0) is 6.61 Å². The summed E-state index contributed by atoms with van der Waals surface area (Å²) in [7, 11) is 0. The van der Waals surface area contributed by atoms with E-state index in [0.717, 1.165) is 5.56 Å². The van der Waals surface area contributed by atoms with Gasteiger partial charge in [-0.3, -0.25) is 0 Å². The molecule has 0 amide bonds. The van der Waals surface area contributed by atoms with E-state index in [1.54, 1.807) is 29.4 Å². The van der Waals surface area contributed by atoms with E-state index >= 15 is 0 Å². The van der Waals surface area contributed by atoms with Gasteiger partial charge in [0.1, 0.15) is 12.4 Å². The Morgan fingerprint density at radius 1 is 1.22 bits per heavy atom. The highest BCUT2D eigenvalue weighted by Gasteiger charge is 2.29. The quantitative estimate of drug-likeness (QED) is 0.449. The Morgan fingerprint density at radius 3 is 2.67 bits per heavy atom. The van der Waals surface area contributed by atoms with Crippen molar-refractivity contribution in [2.45, 2.75) is 17.0 Å². The van der Waals surface area contributed by atoms with Crippen molar-refractivity contribution >= 4 is 29.1 Å². The molecule has 0 N–H and O–H groups in total. The van der Waals surface area contributed by atoms with E-state index < -0.39 is 5.51 Å². The predicted molar refractivity (Wildman–Crippen MR) is 101 cm³/mol. The number of benzene rings is 2. The van der Waals surface area contributed by atoms with Crippen LogP contribution in [0.1, 0.15) is 11.1 Å². The third kappa shape index (κ3) is 5.08. The Balaban J connectivity index is 1.75. The van der Waals surface area contributed by atoms with Gasteiger partial charge in [-0.05, 0) is 36.0 Å². The number of imidazole rings is 1. The van der Waals surface area contributed by atoms with Crippen LogP contribution in [0, 0.1) is 0 Å². The minimum atomic E-state index is -4.35. The first-order chi connectivity index (χ1) is 12.8. The predicted octanol–water partition coefficient (Wildman–Crippen LogP) is 6.25. The van der Waals surface area contributed by atoms with Crippen LogP contribution in [0.3, 0.4) is 0 Å². The summed E-state index contributed by atoms with van der Waals surface area (Å²) in [5.41, 5.74) is -2.30. The average Bonchev–Trinajstić information content (AvgIpc) is 3.14. The second-order valence-electron chi connectivity index (χ2n) is 5.50. The van der Waals surface area contributed by atoms with E-state index in [2.05, 4.69) is 11.6 Å². The average molecular weight is 411 g/mol. The smallest absolute Gasteiger partial charge is 0.446 e. The van der Waals surface area contributed by atoms with Gasteiger partial charge in [-0.1, -0.05) is 36.4 Å². The molecule has 1 aromatic heterocycles. The van der Waals surface area contributed by atoms with Gasteiger partial charge >= 0.3 is 5.51 Å². The van der Waals surface area contributed by atoms with Gasteiger partial charge in [0.15, 0.2) is 0 Å². The van der Waals surface area contributed by atoms with Crippen LogP contribution in [0.15, 0.2) is 72.7 Å². The second-order valence-corrected chi connectivity index (χ2v) is 7.05. The molecule has 0 atom stereocenters. The van der Waals surface area contributed by atoms with E-state index in [1.807, 2.05) is 18.2 Å². The normalized spacial score (nSPS) is 11.4. The molecule has 3 nitrogen and oxygen atoms in total. The Hall–Kier alpha value is -2.38. The zero-order chi connectivity index (χ0) is 19.4. The molecule has 0 saturated carbocycles. The van der Waals surface area contributed by atoms with Crippen LogP contribution in [0.4, 0.5) is 13.2 Å². The fourth-order valence-corrected chi connectivity index (χ4v) is 3.27. The summed E-state index contributed by atoms with van der Waals surface area (Å²) in [5.74, 6) is 0.584. The van der Waals surface area contributed by atoms with Crippen LogP contribution in [0.5, 0.6) is 5.75 Å². The summed E-state index contributed by atoms with van der Waals surface area (Å²) in [6.07, 6.45) is 5.05. The lowest BCUT2D eigenvalue weighted by Crippen LogP contribution is -2.02. The van der Waals surface area contributed by atoms with Gasteiger partial charge in [0, 0.05) is 33.4 Å². The molecular formula is C19H14ClF3N2OS. The number of ether oxygens (including phenoxy) is 1. The number of hydrogen-bond acceptors (Lipinski definition) is 3. The van der Waals surface area contributed by atoms with E-state index in [1.165, 1.54) is 18.2 Å². The molecule has 27 heavy (non-hydrogen) atoms. The van der Waals surface area contributed by atoms with Crippen molar-refractivity contribution in [3.05, 3.63) is 83.9 Å². The monoisotopic (exact) mass is 410 g/mol. The number of aromatic nitrogens is 2. The lowest BCUT2D eigenvalue weighted by Gasteiger charge is -2.15. The van der Waals surface area contributed by atoms with E-state index in [0.29, 0.717) is 17.0 Å². The minimum Gasteiger partial charge on any atom is -0.488 e. The Kier molecular flexibility index (Phi) is 5.82. The fraction of sp³-hybridized carbons (Fsp3) is 0.105. The third-order valence-corrected chi connectivity index (χ3v) is 4.73. The van der Waals surface area contributed by atoms with Crippen molar-refractivity contribution in [2.75, 3.05) is 0 Å². The molecule has 1 heterocycles.